The Labute approximate surface area is 189 Å². The third-order valence-corrected chi connectivity index (χ3v) is 8.04. The van der Waals surface area contributed by atoms with Gasteiger partial charge < -0.3 is 4.90 Å². The second-order valence-electron chi connectivity index (χ2n) is 8.36. The Bertz CT molecular complexity index is 1160. The van der Waals surface area contributed by atoms with Crippen molar-refractivity contribution >= 4 is 15.8 Å². The van der Waals surface area contributed by atoms with Crippen LogP contribution >= 0.6 is 0 Å². The molecule has 0 spiro atoms. The number of hydrogen-bond donors (Lipinski definition) is 0. The third-order valence-electron chi connectivity index (χ3n) is 6.12. The molecule has 1 atom stereocenters. The molecular weight excluding hydrogens is 424 g/mol. The van der Waals surface area contributed by atoms with Crippen molar-refractivity contribution < 1.29 is 8.42 Å². The van der Waals surface area contributed by atoms with Crippen LogP contribution < -0.4 is 4.90 Å². The van der Waals surface area contributed by atoms with E-state index in [9.17, 15) is 8.42 Å². The van der Waals surface area contributed by atoms with Gasteiger partial charge >= 0.3 is 0 Å². The molecule has 3 heterocycles. The van der Waals surface area contributed by atoms with E-state index in [1.165, 1.54) is 5.56 Å². The fraction of sp³-hybridized carbons (Fsp3) is 0.435. The molecule has 0 bridgehead atoms. The minimum atomic E-state index is -3.50. The topological polar surface area (TPSA) is 84.2 Å². The van der Waals surface area contributed by atoms with Crippen LogP contribution in [0, 0.1) is 13.8 Å². The first kappa shape index (κ1) is 22.4. The summed E-state index contributed by atoms with van der Waals surface area (Å²) in [6.45, 7) is 10.2. The van der Waals surface area contributed by atoms with Gasteiger partial charge in [-0.3, -0.25) is 0 Å². The lowest BCUT2D eigenvalue weighted by Gasteiger charge is -2.34. The number of aromatic nitrogens is 4. The van der Waals surface area contributed by atoms with Gasteiger partial charge in [0.15, 0.2) is 11.6 Å². The molecule has 8 nitrogen and oxygen atoms in total. The standard InChI is InChI=1S/C23H30N6O2S/c1-5-17(2)20-6-8-21(9-7-20)32(30,31)28-14-12-27(13-15-28)22-10-11-23(25-24-22)29-19(4)16-18(3)26-29/h6-11,16-17H,5,12-15H2,1-4H3. The Kier molecular flexibility index (Phi) is 6.30. The van der Waals surface area contributed by atoms with Gasteiger partial charge in [-0.05, 0) is 62.1 Å². The average Bonchev–Trinajstić information content (AvgIpc) is 3.16. The molecular formula is C23H30N6O2S. The summed E-state index contributed by atoms with van der Waals surface area (Å²) in [6, 6.07) is 13.1. The molecule has 0 radical (unpaired) electrons. The van der Waals surface area contributed by atoms with Gasteiger partial charge in [0, 0.05) is 31.9 Å². The van der Waals surface area contributed by atoms with E-state index in [0.717, 1.165) is 23.6 Å². The highest BCUT2D eigenvalue weighted by Crippen LogP contribution is 2.24. The number of anilines is 1. The summed E-state index contributed by atoms with van der Waals surface area (Å²) in [5.41, 5.74) is 3.10. The van der Waals surface area contributed by atoms with Crippen molar-refractivity contribution in [2.45, 2.75) is 44.9 Å². The number of nitrogens with zero attached hydrogens (tertiary/aromatic N) is 6. The Morgan fingerprint density at radius 2 is 1.56 bits per heavy atom. The van der Waals surface area contributed by atoms with E-state index in [1.807, 2.05) is 44.2 Å². The maximum Gasteiger partial charge on any atom is 0.243 e. The lowest BCUT2D eigenvalue weighted by molar-refractivity contribution is 0.383. The molecule has 1 aliphatic heterocycles. The number of aryl methyl sites for hydroxylation is 2. The minimum Gasteiger partial charge on any atom is -0.352 e. The maximum absolute atomic E-state index is 13.1. The maximum atomic E-state index is 13.1. The van der Waals surface area contributed by atoms with E-state index in [-0.39, 0.29) is 0 Å². The van der Waals surface area contributed by atoms with Crippen LogP contribution in [0.25, 0.3) is 5.82 Å². The van der Waals surface area contributed by atoms with E-state index in [2.05, 4.69) is 34.0 Å². The van der Waals surface area contributed by atoms with Crippen LogP contribution in [0.1, 0.15) is 43.1 Å². The number of rotatable bonds is 6. The molecule has 1 saturated heterocycles. The predicted octanol–water partition coefficient (Wildman–Crippen LogP) is 3.30. The van der Waals surface area contributed by atoms with Gasteiger partial charge in [-0.1, -0.05) is 26.0 Å². The summed E-state index contributed by atoms with van der Waals surface area (Å²) in [7, 11) is -3.50. The highest BCUT2D eigenvalue weighted by molar-refractivity contribution is 7.89. The Balaban J connectivity index is 1.42. The zero-order valence-electron chi connectivity index (χ0n) is 19.1. The van der Waals surface area contributed by atoms with Gasteiger partial charge in [-0.25, -0.2) is 13.1 Å². The fourth-order valence-corrected chi connectivity index (χ4v) is 5.39. The van der Waals surface area contributed by atoms with Crippen molar-refractivity contribution in [1.82, 2.24) is 24.3 Å². The SMILES string of the molecule is CCC(C)c1ccc(S(=O)(=O)N2CCN(c3ccc(-n4nc(C)cc4C)nn3)CC2)cc1. The van der Waals surface area contributed by atoms with Gasteiger partial charge in [0.05, 0.1) is 10.6 Å². The van der Waals surface area contributed by atoms with Crippen molar-refractivity contribution in [1.29, 1.82) is 0 Å². The van der Waals surface area contributed by atoms with Crippen LogP contribution in [-0.2, 0) is 10.0 Å². The molecule has 3 aromatic rings. The van der Waals surface area contributed by atoms with Crippen LogP contribution in [0.4, 0.5) is 5.82 Å². The third kappa shape index (κ3) is 4.40. The molecule has 170 valence electrons. The summed E-state index contributed by atoms with van der Waals surface area (Å²) < 4.78 is 29.5. The van der Waals surface area contributed by atoms with Crippen LogP contribution in [0.15, 0.2) is 47.4 Å². The minimum absolute atomic E-state index is 0.354. The van der Waals surface area contributed by atoms with E-state index >= 15 is 0 Å². The van der Waals surface area contributed by atoms with E-state index in [4.69, 9.17) is 0 Å². The number of sulfonamides is 1. The van der Waals surface area contributed by atoms with Crippen molar-refractivity contribution in [2.24, 2.45) is 0 Å². The lowest BCUT2D eigenvalue weighted by atomic mass is 9.99. The van der Waals surface area contributed by atoms with Crippen LogP contribution in [-0.4, -0.2) is 58.9 Å². The van der Waals surface area contributed by atoms with Gasteiger partial charge in [0.25, 0.3) is 0 Å². The van der Waals surface area contributed by atoms with Gasteiger partial charge in [0.2, 0.25) is 10.0 Å². The van der Waals surface area contributed by atoms with Gasteiger partial charge in [-0.15, -0.1) is 10.2 Å². The molecule has 1 aromatic carbocycles. The number of benzene rings is 1. The second-order valence-corrected chi connectivity index (χ2v) is 10.3. The Hall–Kier alpha value is -2.78. The Morgan fingerprint density at radius 1 is 0.938 bits per heavy atom. The molecule has 0 N–H and O–H groups in total. The molecule has 0 aliphatic carbocycles. The zero-order chi connectivity index (χ0) is 22.9. The van der Waals surface area contributed by atoms with Crippen molar-refractivity contribution in [2.75, 3.05) is 31.1 Å². The number of hydrogen-bond acceptors (Lipinski definition) is 6. The van der Waals surface area contributed by atoms with Crippen molar-refractivity contribution in [3.8, 4) is 5.82 Å². The quantitative estimate of drug-likeness (QED) is 0.568. The first-order valence-electron chi connectivity index (χ1n) is 11.0. The fourth-order valence-electron chi connectivity index (χ4n) is 3.97. The molecule has 9 heteroatoms. The highest BCUT2D eigenvalue weighted by atomic mass is 32.2. The first-order valence-corrected chi connectivity index (χ1v) is 12.5. The molecule has 1 fully saturated rings. The Morgan fingerprint density at radius 3 is 2.09 bits per heavy atom. The molecule has 32 heavy (non-hydrogen) atoms. The van der Waals surface area contributed by atoms with E-state index < -0.39 is 10.0 Å². The molecule has 2 aromatic heterocycles. The summed E-state index contributed by atoms with van der Waals surface area (Å²) >= 11 is 0. The van der Waals surface area contributed by atoms with E-state index in [1.54, 1.807) is 21.1 Å². The molecule has 0 saturated carbocycles. The summed E-state index contributed by atoms with van der Waals surface area (Å²) in [6.07, 6.45) is 1.03. The summed E-state index contributed by atoms with van der Waals surface area (Å²) in [4.78, 5) is 2.42. The average molecular weight is 455 g/mol. The predicted molar refractivity (Wildman–Crippen MR) is 125 cm³/mol. The van der Waals surface area contributed by atoms with Crippen LogP contribution in [0.2, 0.25) is 0 Å². The summed E-state index contributed by atoms with van der Waals surface area (Å²) in [5, 5.41) is 13.1. The highest BCUT2D eigenvalue weighted by Gasteiger charge is 2.29. The second kappa shape index (κ2) is 8.99. The summed E-state index contributed by atoms with van der Waals surface area (Å²) in [5.74, 6) is 1.83. The normalized spacial score (nSPS) is 16.3. The van der Waals surface area contributed by atoms with Crippen LogP contribution in [0.3, 0.4) is 0 Å². The smallest absolute Gasteiger partial charge is 0.243 e. The zero-order valence-corrected chi connectivity index (χ0v) is 19.9. The largest absolute Gasteiger partial charge is 0.352 e. The van der Waals surface area contributed by atoms with Crippen molar-refractivity contribution in [3.63, 3.8) is 0 Å². The van der Waals surface area contributed by atoms with Gasteiger partial charge in [0.1, 0.15) is 0 Å². The molecule has 1 unspecified atom stereocenters. The molecule has 4 rings (SSSR count). The lowest BCUT2D eigenvalue weighted by Crippen LogP contribution is -2.49. The first-order chi connectivity index (χ1) is 15.3. The van der Waals surface area contributed by atoms with E-state index in [0.29, 0.717) is 42.8 Å². The van der Waals surface area contributed by atoms with Gasteiger partial charge in [-0.2, -0.15) is 9.40 Å². The monoisotopic (exact) mass is 454 g/mol. The molecule has 1 aliphatic rings. The van der Waals surface area contributed by atoms with Crippen LogP contribution in [0.5, 0.6) is 0 Å². The van der Waals surface area contributed by atoms with Crippen molar-refractivity contribution in [3.05, 3.63) is 59.4 Å². The molecule has 0 amide bonds. The number of piperazine rings is 1.